The molecule has 0 saturated carbocycles. The lowest BCUT2D eigenvalue weighted by Crippen LogP contribution is -1.97. The normalized spacial score (nSPS) is 10.7. The van der Waals surface area contributed by atoms with Crippen molar-refractivity contribution in [3.05, 3.63) is 60.4 Å². The third-order valence-electron chi connectivity index (χ3n) is 2.83. The number of nitrogens with zero attached hydrogens (tertiary/aromatic N) is 2. The van der Waals surface area contributed by atoms with Crippen LogP contribution in [0.4, 0.5) is 0 Å². The minimum Gasteiger partial charge on any atom is -0.478 e. The molecule has 0 aliphatic rings. The van der Waals surface area contributed by atoms with E-state index in [1.807, 2.05) is 35.0 Å². The van der Waals surface area contributed by atoms with E-state index in [4.69, 9.17) is 5.11 Å². The monoisotopic (exact) mass is 238 g/mol. The molecule has 0 saturated heterocycles. The highest BCUT2D eigenvalue weighted by Gasteiger charge is 2.07. The zero-order chi connectivity index (χ0) is 12.5. The summed E-state index contributed by atoms with van der Waals surface area (Å²) in [6.45, 7) is 0. The van der Waals surface area contributed by atoms with Gasteiger partial charge < -0.3 is 9.67 Å². The number of hydrogen-bond acceptors (Lipinski definition) is 2. The van der Waals surface area contributed by atoms with Gasteiger partial charge in [-0.3, -0.25) is 0 Å². The van der Waals surface area contributed by atoms with Crippen molar-refractivity contribution < 1.29 is 9.90 Å². The predicted octanol–water partition coefficient (Wildman–Crippen LogP) is 2.72. The Balaban J connectivity index is 2.19. The predicted molar refractivity (Wildman–Crippen MR) is 68.0 cm³/mol. The summed E-state index contributed by atoms with van der Waals surface area (Å²) in [6.07, 6.45) is 3.62. The molecule has 0 atom stereocenters. The Bertz CT molecular complexity index is 717. The van der Waals surface area contributed by atoms with Crippen LogP contribution in [0.5, 0.6) is 0 Å². The Morgan fingerprint density at radius 3 is 2.78 bits per heavy atom. The first-order valence-corrected chi connectivity index (χ1v) is 5.51. The first kappa shape index (κ1) is 10.5. The van der Waals surface area contributed by atoms with Crippen LogP contribution >= 0.6 is 0 Å². The lowest BCUT2D eigenvalue weighted by atomic mass is 10.1. The number of pyridine rings is 1. The summed E-state index contributed by atoms with van der Waals surface area (Å²) in [5.41, 5.74) is 1.24. The molecule has 3 aromatic rings. The molecule has 0 unspecified atom stereocenters. The van der Waals surface area contributed by atoms with Gasteiger partial charge in [0.1, 0.15) is 5.82 Å². The Morgan fingerprint density at radius 1 is 1.17 bits per heavy atom. The second-order valence-corrected chi connectivity index (χ2v) is 3.95. The molecular formula is C14H10N2O2. The van der Waals surface area contributed by atoms with E-state index >= 15 is 0 Å². The van der Waals surface area contributed by atoms with Crippen molar-refractivity contribution >= 4 is 16.9 Å². The maximum Gasteiger partial charge on any atom is 0.335 e. The van der Waals surface area contributed by atoms with Gasteiger partial charge in [-0.25, -0.2) is 9.78 Å². The second kappa shape index (κ2) is 4.00. The molecule has 2 aromatic heterocycles. The van der Waals surface area contributed by atoms with Crippen molar-refractivity contribution in [1.82, 2.24) is 9.55 Å². The van der Waals surface area contributed by atoms with Crippen molar-refractivity contribution in [2.24, 2.45) is 0 Å². The van der Waals surface area contributed by atoms with Crippen molar-refractivity contribution in [3.63, 3.8) is 0 Å². The second-order valence-electron chi connectivity index (χ2n) is 3.95. The number of rotatable bonds is 2. The van der Waals surface area contributed by atoms with Gasteiger partial charge in [-0.15, -0.1) is 0 Å². The minimum atomic E-state index is -0.914. The van der Waals surface area contributed by atoms with Crippen molar-refractivity contribution in [3.8, 4) is 5.82 Å². The van der Waals surface area contributed by atoms with Gasteiger partial charge in [0.25, 0.3) is 0 Å². The van der Waals surface area contributed by atoms with Crippen molar-refractivity contribution in [1.29, 1.82) is 0 Å². The first-order chi connectivity index (χ1) is 8.75. The van der Waals surface area contributed by atoms with E-state index in [1.165, 1.54) is 0 Å². The third-order valence-corrected chi connectivity index (χ3v) is 2.83. The van der Waals surface area contributed by atoms with Crippen molar-refractivity contribution in [2.45, 2.75) is 0 Å². The van der Waals surface area contributed by atoms with Gasteiger partial charge in [0.2, 0.25) is 0 Å². The Labute approximate surface area is 103 Å². The minimum absolute atomic E-state index is 0.293. The lowest BCUT2D eigenvalue weighted by molar-refractivity contribution is 0.0697. The van der Waals surface area contributed by atoms with Gasteiger partial charge in [0, 0.05) is 17.8 Å². The zero-order valence-electron chi connectivity index (χ0n) is 9.45. The summed E-state index contributed by atoms with van der Waals surface area (Å²) >= 11 is 0. The fourth-order valence-corrected chi connectivity index (χ4v) is 1.97. The molecule has 4 heteroatoms. The van der Waals surface area contributed by atoms with Gasteiger partial charge in [0.05, 0.1) is 11.1 Å². The van der Waals surface area contributed by atoms with Crippen LogP contribution in [-0.4, -0.2) is 20.6 Å². The first-order valence-electron chi connectivity index (χ1n) is 5.51. The van der Waals surface area contributed by atoms with Gasteiger partial charge in [-0.05, 0) is 36.4 Å². The molecule has 1 N–H and O–H groups in total. The number of fused-ring (bicyclic) bond motifs is 1. The highest BCUT2D eigenvalue weighted by atomic mass is 16.4. The van der Waals surface area contributed by atoms with Gasteiger partial charge in [-0.1, -0.05) is 6.07 Å². The van der Waals surface area contributed by atoms with E-state index in [0.29, 0.717) is 5.56 Å². The highest BCUT2D eigenvalue weighted by molar-refractivity contribution is 5.94. The molecule has 0 amide bonds. The Hall–Kier alpha value is -2.62. The molecule has 18 heavy (non-hydrogen) atoms. The van der Waals surface area contributed by atoms with Gasteiger partial charge in [-0.2, -0.15) is 0 Å². The number of benzene rings is 1. The SMILES string of the molecule is O=C(O)c1ccc2c(ccn2-c2ccccn2)c1. The summed E-state index contributed by atoms with van der Waals surface area (Å²) in [4.78, 5) is 15.2. The van der Waals surface area contributed by atoms with Crippen LogP contribution in [0.1, 0.15) is 10.4 Å². The van der Waals surface area contributed by atoms with E-state index in [0.717, 1.165) is 16.7 Å². The van der Waals surface area contributed by atoms with E-state index in [-0.39, 0.29) is 0 Å². The summed E-state index contributed by atoms with van der Waals surface area (Å²) in [5, 5.41) is 9.84. The molecule has 4 nitrogen and oxygen atoms in total. The standard InChI is InChI=1S/C14H10N2O2/c17-14(18)11-4-5-12-10(9-11)6-8-16(12)13-3-1-2-7-15-13/h1-9H,(H,17,18). The maximum absolute atomic E-state index is 10.9. The van der Waals surface area contributed by atoms with Crippen LogP contribution in [0, 0.1) is 0 Å². The van der Waals surface area contributed by atoms with E-state index in [9.17, 15) is 4.79 Å². The van der Waals surface area contributed by atoms with Crippen LogP contribution in [0.3, 0.4) is 0 Å². The van der Waals surface area contributed by atoms with Crippen LogP contribution in [0.25, 0.3) is 16.7 Å². The fourth-order valence-electron chi connectivity index (χ4n) is 1.97. The smallest absolute Gasteiger partial charge is 0.335 e. The average molecular weight is 238 g/mol. The highest BCUT2D eigenvalue weighted by Crippen LogP contribution is 2.20. The molecule has 2 heterocycles. The number of carboxylic acids is 1. The van der Waals surface area contributed by atoms with Gasteiger partial charge in [0.15, 0.2) is 0 Å². The lowest BCUT2D eigenvalue weighted by Gasteiger charge is -2.03. The number of carbonyl (C=O) groups is 1. The number of carboxylic acid groups (broad SMARTS) is 1. The van der Waals surface area contributed by atoms with E-state index < -0.39 is 5.97 Å². The molecule has 3 rings (SSSR count). The molecular weight excluding hydrogens is 228 g/mol. The molecule has 0 aliphatic heterocycles. The Morgan fingerprint density at radius 2 is 2.06 bits per heavy atom. The van der Waals surface area contributed by atoms with E-state index in [1.54, 1.807) is 24.4 Å². The summed E-state index contributed by atoms with van der Waals surface area (Å²) < 4.78 is 1.93. The average Bonchev–Trinajstić information content (AvgIpc) is 2.82. The Kier molecular flexibility index (Phi) is 2.34. The van der Waals surface area contributed by atoms with Crippen LogP contribution < -0.4 is 0 Å². The zero-order valence-corrected chi connectivity index (χ0v) is 9.45. The van der Waals surface area contributed by atoms with Crippen LogP contribution in [-0.2, 0) is 0 Å². The van der Waals surface area contributed by atoms with Gasteiger partial charge >= 0.3 is 5.97 Å². The summed E-state index contributed by atoms with van der Waals surface area (Å²) in [7, 11) is 0. The topological polar surface area (TPSA) is 55.1 Å². The van der Waals surface area contributed by atoms with Crippen LogP contribution in [0.15, 0.2) is 54.9 Å². The molecule has 0 bridgehead atoms. The third kappa shape index (κ3) is 1.64. The molecule has 0 fully saturated rings. The fraction of sp³-hybridized carbons (Fsp3) is 0. The quantitative estimate of drug-likeness (QED) is 0.746. The molecule has 1 aromatic carbocycles. The van der Waals surface area contributed by atoms with Crippen molar-refractivity contribution in [2.75, 3.05) is 0 Å². The summed E-state index contributed by atoms with van der Waals surface area (Å²) in [6, 6.07) is 12.6. The summed E-state index contributed by atoms with van der Waals surface area (Å²) in [5.74, 6) is -0.0990. The number of aromatic carboxylic acids is 1. The molecule has 0 spiro atoms. The van der Waals surface area contributed by atoms with E-state index in [2.05, 4.69) is 4.98 Å². The maximum atomic E-state index is 10.9. The molecule has 88 valence electrons. The largest absolute Gasteiger partial charge is 0.478 e. The number of aromatic nitrogens is 2. The number of hydrogen-bond donors (Lipinski definition) is 1. The molecule has 0 radical (unpaired) electrons. The molecule has 0 aliphatic carbocycles. The van der Waals surface area contributed by atoms with Crippen LogP contribution in [0.2, 0.25) is 0 Å².